The van der Waals surface area contributed by atoms with E-state index in [2.05, 4.69) is 20.5 Å². The van der Waals surface area contributed by atoms with Crippen LogP contribution in [0.2, 0.25) is 0 Å². The van der Waals surface area contributed by atoms with Gasteiger partial charge in [0, 0.05) is 24.1 Å². The zero-order valence-electron chi connectivity index (χ0n) is 14.9. The molecular weight excluding hydrogens is 396 g/mol. The molecule has 0 spiro atoms. The molecule has 2 heterocycles. The Morgan fingerprint density at radius 2 is 2.03 bits per heavy atom. The van der Waals surface area contributed by atoms with Crippen molar-refractivity contribution in [2.45, 2.75) is 25.7 Å². The maximum absolute atomic E-state index is 13.1. The summed E-state index contributed by atoms with van der Waals surface area (Å²) in [4.78, 5) is 15.0. The largest absolute Gasteiger partial charge is 0.424 e. The molecule has 0 aliphatic heterocycles. The van der Waals surface area contributed by atoms with E-state index in [1.54, 1.807) is 6.92 Å². The summed E-state index contributed by atoms with van der Waals surface area (Å²) in [5.41, 5.74) is -0.268. The van der Waals surface area contributed by atoms with Gasteiger partial charge >= 0.3 is 6.18 Å². The van der Waals surface area contributed by atoms with Crippen LogP contribution in [0.3, 0.4) is 0 Å². The number of carbonyl (C=O) groups excluding carboxylic acids is 1. The molecule has 2 aromatic heterocycles. The summed E-state index contributed by atoms with van der Waals surface area (Å²) in [6.07, 6.45) is -6.71. The first-order valence-corrected chi connectivity index (χ1v) is 8.28. The minimum atomic E-state index is -4.93. The van der Waals surface area contributed by atoms with E-state index in [1.165, 1.54) is 12.1 Å². The Morgan fingerprint density at radius 1 is 1.28 bits per heavy atom. The number of benzene rings is 1. The smallest absolute Gasteiger partial charge is 0.418 e. The number of aliphatic hydroxyl groups excluding tert-OH is 1. The Kier molecular flexibility index (Phi) is 5.59. The molecule has 0 saturated carbocycles. The van der Waals surface area contributed by atoms with Crippen molar-refractivity contribution in [1.82, 2.24) is 15.5 Å². The van der Waals surface area contributed by atoms with E-state index in [1.807, 2.05) is 0 Å². The monoisotopic (exact) mass is 411 g/mol. The summed E-state index contributed by atoms with van der Waals surface area (Å²) in [5.74, 6) is -0.887. The van der Waals surface area contributed by atoms with E-state index < -0.39 is 29.6 Å². The van der Waals surface area contributed by atoms with Gasteiger partial charge in [0.05, 0.1) is 6.54 Å². The van der Waals surface area contributed by atoms with Gasteiger partial charge in [-0.3, -0.25) is 4.79 Å². The molecule has 0 bridgehead atoms. The maximum atomic E-state index is 13.1. The second-order valence-corrected chi connectivity index (χ2v) is 6.11. The molecular formula is C18H15F4N4O3+. The molecule has 1 amide bonds. The van der Waals surface area contributed by atoms with E-state index in [0.717, 1.165) is 24.4 Å². The van der Waals surface area contributed by atoms with Gasteiger partial charge in [0.25, 0.3) is 5.91 Å². The molecule has 0 aliphatic rings. The molecule has 11 heteroatoms. The van der Waals surface area contributed by atoms with Crippen molar-refractivity contribution in [2.24, 2.45) is 0 Å². The molecule has 0 fully saturated rings. The van der Waals surface area contributed by atoms with Gasteiger partial charge in [-0.25, -0.2) is 9.37 Å². The summed E-state index contributed by atoms with van der Waals surface area (Å²) < 4.78 is 57.2. The highest BCUT2D eigenvalue weighted by atomic mass is 19.4. The molecule has 1 atom stereocenters. The van der Waals surface area contributed by atoms with Gasteiger partial charge in [-0.2, -0.15) is 13.2 Å². The third-order valence-corrected chi connectivity index (χ3v) is 3.90. The lowest BCUT2D eigenvalue weighted by atomic mass is 9.99. The summed E-state index contributed by atoms with van der Waals surface area (Å²) in [6.45, 7) is 1.43. The summed E-state index contributed by atoms with van der Waals surface area (Å²) in [5, 5.41) is 19.4. The Bertz CT molecular complexity index is 1020. The molecule has 7 nitrogen and oxygen atoms in total. The third-order valence-electron chi connectivity index (χ3n) is 3.90. The molecule has 0 saturated heterocycles. The number of aromatic nitrogens is 3. The highest BCUT2D eigenvalue weighted by Gasteiger charge is 2.40. The number of aryl methyl sites for hydroxylation is 1. The van der Waals surface area contributed by atoms with E-state index in [-0.39, 0.29) is 29.3 Å². The lowest BCUT2D eigenvalue weighted by Gasteiger charge is -2.16. The summed E-state index contributed by atoms with van der Waals surface area (Å²) >= 11 is 0. The normalized spacial score (nSPS) is 12.6. The van der Waals surface area contributed by atoms with E-state index in [4.69, 9.17) is 4.42 Å². The number of nitrogens with one attached hydrogen (secondary N) is 2. The van der Waals surface area contributed by atoms with Gasteiger partial charge in [0.1, 0.15) is 0 Å². The zero-order chi connectivity index (χ0) is 21.2. The average molecular weight is 411 g/mol. The highest BCUT2D eigenvalue weighted by Crippen LogP contribution is 2.34. The predicted molar refractivity (Wildman–Crippen MR) is 89.6 cm³/mol. The fraction of sp³-hybridized carbons (Fsp3) is 0.222. The minimum Gasteiger partial charge on any atom is -0.424 e. The fourth-order valence-corrected chi connectivity index (χ4v) is 2.54. The standard InChI is InChI=1S/C18H14F4N4O3/c1-9-25-26-15(29-9)8-24-17(28)12-5-10(14-3-2-13(19)7-23-14)4-11(6-12)16(27)18(20,21)22/h2-7,16,27H,8H2,1H3,(H,24,28)/p+1. The van der Waals surface area contributed by atoms with Gasteiger partial charge in [-0.05, 0) is 29.8 Å². The second kappa shape index (κ2) is 7.95. The van der Waals surface area contributed by atoms with Gasteiger partial charge in [0.15, 0.2) is 11.9 Å². The number of halogens is 4. The van der Waals surface area contributed by atoms with Crippen LogP contribution in [0.5, 0.6) is 0 Å². The van der Waals surface area contributed by atoms with Crippen LogP contribution >= 0.6 is 0 Å². The van der Waals surface area contributed by atoms with Crippen LogP contribution in [-0.2, 0) is 6.54 Å². The van der Waals surface area contributed by atoms with E-state index >= 15 is 0 Å². The number of rotatable bonds is 5. The van der Waals surface area contributed by atoms with Crippen molar-refractivity contribution in [2.75, 3.05) is 0 Å². The fourth-order valence-electron chi connectivity index (χ4n) is 2.54. The van der Waals surface area contributed by atoms with Gasteiger partial charge in [-0.1, -0.05) is 0 Å². The lowest BCUT2D eigenvalue weighted by Crippen LogP contribution is -2.25. The SMILES string of the molecule is Cc1nnc(CNC(=O)c2cc(-c3ccc(F)c[nH+]3)cc(C(O)C(F)(F)F)c2)o1. The Balaban J connectivity index is 1.94. The van der Waals surface area contributed by atoms with Crippen LogP contribution in [0.1, 0.15) is 33.8 Å². The highest BCUT2D eigenvalue weighted by molar-refractivity contribution is 5.95. The first-order chi connectivity index (χ1) is 13.6. The molecule has 0 radical (unpaired) electrons. The Labute approximate surface area is 161 Å². The van der Waals surface area contributed by atoms with Crippen LogP contribution in [0.4, 0.5) is 17.6 Å². The molecule has 152 valence electrons. The summed E-state index contributed by atoms with van der Waals surface area (Å²) in [7, 11) is 0. The quantitative estimate of drug-likeness (QED) is 0.628. The molecule has 3 rings (SSSR count). The Hall–Kier alpha value is -3.34. The molecule has 3 N–H and O–H groups in total. The first-order valence-electron chi connectivity index (χ1n) is 8.28. The molecule has 0 aliphatic carbocycles. The number of carbonyl (C=O) groups is 1. The number of pyridine rings is 1. The van der Waals surface area contributed by atoms with Crippen molar-refractivity contribution in [3.05, 3.63) is 65.3 Å². The van der Waals surface area contributed by atoms with E-state index in [0.29, 0.717) is 5.89 Å². The number of nitrogens with zero attached hydrogens (tertiary/aromatic N) is 2. The van der Waals surface area contributed by atoms with Crippen molar-refractivity contribution in [1.29, 1.82) is 0 Å². The molecule has 1 unspecified atom stereocenters. The van der Waals surface area contributed by atoms with Crippen molar-refractivity contribution in [3.8, 4) is 11.3 Å². The lowest BCUT2D eigenvalue weighted by molar-refractivity contribution is -0.367. The summed E-state index contributed by atoms with van der Waals surface area (Å²) in [6, 6.07) is 5.72. The second-order valence-electron chi connectivity index (χ2n) is 6.11. The third kappa shape index (κ3) is 4.93. The number of hydrogen-bond acceptors (Lipinski definition) is 5. The number of aromatic amines is 1. The van der Waals surface area contributed by atoms with Crippen molar-refractivity contribution < 1.29 is 36.9 Å². The molecule has 3 aromatic rings. The number of H-pyrrole nitrogens is 1. The van der Waals surface area contributed by atoms with Crippen LogP contribution in [0.25, 0.3) is 11.3 Å². The maximum Gasteiger partial charge on any atom is 0.418 e. The van der Waals surface area contributed by atoms with Crippen molar-refractivity contribution >= 4 is 5.91 Å². The van der Waals surface area contributed by atoms with Crippen LogP contribution in [0, 0.1) is 12.7 Å². The number of hydrogen-bond donors (Lipinski definition) is 2. The number of aliphatic hydroxyl groups is 1. The van der Waals surface area contributed by atoms with Crippen LogP contribution in [0.15, 0.2) is 40.9 Å². The van der Waals surface area contributed by atoms with Crippen LogP contribution in [-0.4, -0.2) is 27.4 Å². The van der Waals surface area contributed by atoms with Gasteiger partial charge in [0.2, 0.25) is 23.7 Å². The number of alkyl halides is 3. The first kappa shape index (κ1) is 20.4. The predicted octanol–water partition coefficient (Wildman–Crippen LogP) is 2.52. The van der Waals surface area contributed by atoms with Crippen molar-refractivity contribution in [3.63, 3.8) is 0 Å². The Morgan fingerprint density at radius 3 is 2.62 bits per heavy atom. The number of amides is 1. The zero-order valence-corrected chi connectivity index (χ0v) is 14.9. The van der Waals surface area contributed by atoms with Gasteiger partial charge < -0.3 is 14.8 Å². The topological polar surface area (TPSA) is 102 Å². The van der Waals surface area contributed by atoms with Crippen LogP contribution < -0.4 is 10.3 Å². The van der Waals surface area contributed by atoms with E-state index in [9.17, 15) is 27.5 Å². The minimum absolute atomic E-state index is 0.120. The molecule has 1 aromatic carbocycles. The van der Waals surface area contributed by atoms with Gasteiger partial charge in [-0.15, -0.1) is 10.2 Å². The average Bonchev–Trinajstić information content (AvgIpc) is 3.10. The molecule has 29 heavy (non-hydrogen) atoms.